The van der Waals surface area contributed by atoms with Crippen molar-refractivity contribution in [3.05, 3.63) is 0 Å². The smallest absolute Gasteiger partial charge is 0.283 e. The monoisotopic (exact) mass is 169 g/mol. The Bertz CT molecular complexity index is 154. The van der Waals surface area contributed by atoms with Crippen LogP contribution in [0, 0.1) is 0 Å². The van der Waals surface area contributed by atoms with Gasteiger partial charge in [0.2, 0.25) is 5.91 Å². The van der Waals surface area contributed by atoms with Crippen LogP contribution >= 0.6 is 20.2 Å². The third-order valence-electron chi connectivity index (χ3n) is 0.443. The molecule has 0 unspecified atom stereocenters. The van der Waals surface area contributed by atoms with Gasteiger partial charge in [0.1, 0.15) is 0 Å². The molecule has 0 spiro atoms. The maximum Gasteiger partial charge on any atom is 0.300 e. The summed E-state index contributed by atoms with van der Waals surface area (Å²) in [5, 5.41) is 1.86. The topological polar surface area (TPSA) is 98.2 Å². The normalized spacial score (nSPS) is 11.0. The lowest BCUT2D eigenvalue weighted by Gasteiger charge is -2.05. The molecule has 5 nitrogen and oxygen atoms in total. The van der Waals surface area contributed by atoms with E-state index in [0.29, 0.717) is 0 Å². The van der Waals surface area contributed by atoms with Gasteiger partial charge in [0.05, 0.1) is 5.75 Å². The Morgan fingerprint density at radius 3 is 2.22 bits per heavy atom. The van der Waals surface area contributed by atoms with Gasteiger partial charge in [-0.15, -0.1) is 0 Å². The molecule has 0 radical (unpaired) electrons. The van der Waals surface area contributed by atoms with Crippen LogP contribution in [0.25, 0.3) is 0 Å². The summed E-state index contributed by atoms with van der Waals surface area (Å²) < 4.78 is 10.4. The lowest BCUT2D eigenvalue weighted by molar-refractivity contribution is -0.116. The third kappa shape index (κ3) is 5.85. The van der Waals surface area contributed by atoms with Crippen LogP contribution < -0.4 is 16.1 Å². The van der Waals surface area contributed by atoms with Crippen LogP contribution in [0.15, 0.2) is 0 Å². The predicted octanol–water partition coefficient (Wildman–Crippen LogP) is -0.942. The molecular formula is C2H8N3O2PS. The molecule has 0 aromatic rings. The molecule has 0 aliphatic rings. The molecule has 7 heteroatoms. The Morgan fingerprint density at radius 1 is 1.67 bits per heavy atom. The minimum absolute atomic E-state index is 0.0710. The highest BCUT2D eigenvalue weighted by molar-refractivity contribution is 7.81. The SMILES string of the molecule is NP(N)(=O)NC(=O)CS. The number of thiol groups is 1. The van der Waals surface area contributed by atoms with Crippen LogP contribution in [0.5, 0.6) is 0 Å². The number of carbonyl (C=O) groups excluding carboxylic acids is 1. The Hall–Kier alpha value is -0.0300. The molecule has 1 amide bonds. The summed E-state index contributed by atoms with van der Waals surface area (Å²) in [6, 6.07) is 0. The second-order valence-electron chi connectivity index (χ2n) is 1.40. The van der Waals surface area contributed by atoms with Gasteiger partial charge < -0.3 is 0 Å². The second kappa shape index (κ2) is 3.22. The summed E-state index contributed by atoms with van der Waals surface area (Å²) in [7, 11) is -3.39. The number of nitrogens with two attached hydrogens (primary N) is 2. The molecule has 0 saturated carbocycles. The highest BCUT2D eigenvalue weighted by atomic mass is 32.1. The van der Waals surface area contributed by atoms with Crippen LogP contribution in [0.2, 0.25) is 0 Å². The van der Waals surface area contributed by atoms with Gasteiger partial charge in [-0.05, 0) is 0 Å². The molecule has 54 valence electrons. The van der Waals surface area contributed by atoms with Crippen molar-refractivity contribution in [2.45, 2.75) is 0 Å². The summed E-state index contributed by atoms with van der Waals surface area (Å²) in [6.07, 6.45) is 0. The van der Waals surface area contributed by atoms with Crippen molar-refractivity contribution in [2.75, 3.05) is 5.75 Å². The molecular weight excluding hydrogens is 161 g/mol. The first-order valence-electron chi connectivity index (χ1n) is 2.05. The summed E-state index contributed by atoms with van der Waals surface area (Å²) >= 11 is 3.58. The van der Waals surface area contributed by atoms with E-state index in [1.807, 2.05) is 5.09 Å². The Kier molecular flexibility index (Phi) is 3.21. The van der Waals surface area contributed by atoms with Crippen molar-refractivity contribution in [1.82, 2.24) is 5.09 Å². The van der Waals surface area contributed by atoms with E-state index in [9.17, 15) is 9.36 Å². The van der Waals surface area contributed by atoms with Crippen molar-refractivity contribution >= 4 is 26.1 Å². The maximum atomic E-state index is 10.4. The number of carbonyl (C=O) groups is 1. The van der Waals surface area contributed by atoms with Gasteiger partial charge in [0.15, 0.2) is 0 Å². The minimum Gasteiger partial charge on any atom is -0.283 e. The molecule has 0 rings (SSSR count). The number of nitrogens with one attached hydrogen (secondary N) is 1. The minimum atomic E-state index is -3.39. The Labute approximate surface area is 58.1 Å². The molecule has 0 aliphatic carbocycles. The van der Waals surface area contributed by atoms with Crippen LogP contribution in [0.4, 0.5) is 0 Å². The van der Waals surface area contributed by atoms with E-state index in [1.54, 1.807) is 0 Å². The highest BCUT2D eigenvalue weighted by Crippen LogP contribution is 2.16. The van der Waals surface area contributed by atoms with E-state index in [0.717, 1.165) is 0 Å². The highest BCUT2D eigenvalue weighted by Gasteiger charge is 2.09. The van der Waals surface area contributed by atoms with E-state index >= 15 is 0 Å². The van der Waals surface area contributed by atoms with Gasteiger partial charge in [0, 0.05) is 0 Å². The second-order valence-corrected chi connectivity index (χ2v) is 3.36. The molecule has 0 aromatic heterocycles. The van der Waals surface area contributed by atoms with Gasteiger partial charge in [-0.25, -0.2) is 0 Å². The number of hydrogen-bond acceptors (Lipinski definition) is 3. The molecule has 0 bridgehead atoms. The first kappa shape index (κ1) is 8.97. The van der Waals surface area contributed by atoms with E-state index in [-0.39, 0.29) is 5.75 Å². The first-order chi connectivity index (χ1) is 3.95. The zero-order valence-corrected chi connectivity index (χ0v) is 6.36. The Balaban J connectivity index is 3.75. The lowest BCUT2D eigenvalue weighted by Crippen LogP contribution is -2.29. The number of hydrogen-bond donors (Lipinski definition) is 4. The molecule has 0 saturated heterocycles. The molecule has 5 N–H and O–H groups in total. The molecule has 0 atom stereocenters. The molecule has 0 fully saturated rings. The van der Waals surface area contributed by atoms with Crippen LogP contribution in [0.1, 0.15) is 0 Å². The standard InChI is InChI=1S/C2H8N3O2PS/c3-8(4,7)5-2(6)1-9/h9H,1H2,(H5,3,4,5,6,7). The number of amides is 1. The van der Waals surface area contributed by atoms with E-state index in [2.05, 4.69) is 12.6 Å². The van der Waals surface area contributed by atoms with Gasteiger partial charge >= 0.3 is 0 Å². The van der Waals surface area contributed by atoms with Gasteiger partial charge in [-0.2, -0.15) is 12.6 Å². The predicted molar refractivity (Wildman–Crippen MR) is 38.0 cm³/mol. The third-order valence-corrected chi connectivity index (χ3v) is 1.33. The lowest BCUT2D eigenvalue weighted by atomic mass is 10.8. The first-order valence-corrected chi connectivity index (χ1v) is 4.52. The maximum absolute atomic E-state index is 10.4. The number of rotatable bonds is 2. The van der Waals surface area contributed by atoms with Gasteiger partial charge in [0.25, 0.3) is 7.59 Å². The average molecular weight is 169 g/mol. The van der Waals surface area contributed by atoms with E-state index in [4.69, 9.17) is 11.0 Å². The summed E-state index contributed by atoms with van der Waals surface area (Å²) in [4.78, 5) is 10.3. The van der Waals surface area contributed by atoms with Crippen molar-refractivity contribution in [3.63, 3.8) is 0 Å². The van der Waals surface area contributed by atoms with E-state index in [1.165, 1.54) is 0 Å². The zero-order chi connectivity index (χ0) is 7.49. The average Bonchev–Trinajstić information content (AvgIpc) is 1.62. The molecule has 0 heterocycles. The van der Waals surface area contributed by atoms with Crippen molar-refractivity contribution in [2.24, 2.45) is 11.0 Å². The Morgan fingerprint density at radius 2 is 2.11 bits per heavy atom. The van der Waals surface area contributed by atoms with Gasteiger partial charge in [-0.3, -0.25) is 25.5 Å². The van der Waals surface area contributed by atoms with E-state index < -0.39 is 13.5 Å². The van der Waals surface area contributed by atoms with Crippen molar-refractivity contribution in [3.8, 4) is 0 Å². The fourth-order valence-corrected chi connectivity index (χ4v) is 0.903. The quantitative estimate of drug-likeness (QED) is 0.316. The van der Waals surface area contributed by atoms with Crippen LogP contribution in [-0.2, 0) is 9.36 Å². The molecule has 0 aromatic carbocycles. The van der Waals surface area contributed by atoms with Crippen molar-refractivity contribution < 1.29 is 9.36 Å². The summed E-state index contributed by atoms with van der Waals surface area (Å²) in [5.41, 5.74) is 9.56. The summed E-state index contributed by atoms with van der Waals surface area (Å²) in [5.74, 6) is -0.607. The largest absolute Gasteiger partial charge is 0.300 e. The molecule has 9 heavy (non-hydrogen) atoms. The fraction of sp³-hybridized carbons (Fsp3) is 0.500. The molecule has 0 aliphatic heterocycles. The van der Waals surface area contributed by atoms with Crippen LogP contribution in [-0.4, -0.2) is 11.7 Å². The summed E-state index contributed by atoms with van der Waals surface area (Å²) in [6.45, 7) is 0. The fourth-order valence-electron chi connectivity index (χ4n) is 0.230. The van der Waals surface area contributed by atoms with Crippen LogP contribution in [0.3, 0.4) is 0 Å². The van der Waals surface area contributed by atoms with Gasteiger partial charge in [-0.1, -0.05) is 0 Å². The zero-order valence-electron chi connectivity index (χ0n) is 4.57. The van der Waals surface area contributed by atoms with Crippen molar-refractivity contribution in [1.29, 1.82) is 0 Å².